The van der Waals surface area contributed by atoms with Gasteiger partial charge in [0.2, 0.25) is 0 Å². The van der Waals surface area contributed by atoms with Crippen molar-refractivity contribution < 1.29 is 14.3 Å². The Morgan fingerprint density at radius 1 is 1.00 bits per heavy atom. The molecule has 1 atom stereocenters. The van der Waals surface area contributed by atoms with Crippen LogP contribution in [0.2, 0.25) is 0 Å². The molecule has 1 amide bonds. The molecule has 4 nitrogen and oxygen atoms in total. The lowest BCUT2D eigenvalue weighted by atomic mass is 10.1. The third-order valence-corrected chi connectivity index (χ3v) is 5.07. The Kier molecular flexibility index (Phi) is 7.30. The summed E-state index contributed by atoms with van der Waals surface area (Å²) in [6, 6.07) is 23.2. The highest BCUT2D eigenvalue weighted by Crippen LogP contribution is 2.30. The number of benzene rings is 3. The minimum absolute atomic E-state index is 0.0750. The molecule has 0 aliphatic carbocycles. The van der Waals surface area contributed by atoms with E-state index in [2.05, 4.69) is 40.3 Å². The van der Waals surface area contributed by atoms with Crippen molar-refractivity contribution in [3.05, 3.63) is 77.3 Å². The molecule has 5 heteroatoms. The van der Waals surface area contributed by atoms with Crippen molar-refractivity contribution in [1.82, 2.24) is 0 Å². The van der Waals surface area contributed by atoms with E-state index in [9.17, 15) is 4.79 Å². The first-order chi connectivity index (χ1) is 14.0. The molecule has 1 unspecified atom stereocenters. The van der Waals surface area contributed by atoms with Gasteiger partial charge in [-0.1, -0.05) is 43.3 Å². The Hall–Kier alpha value is -2.79. The summed E-state index contributed by atoms with van der Waals surface area (Å²) >= 11 is 3.52. The minimum atomic E-state index is -0.223. The van der Waals surface area contributed by atoms with Crippen LogP contribution in [-0.4, -0.2) is 18.6 Å². The van der Waals surface area contributed by atoms with Gasteiger partial charge in [-0.3, -0.25) is 4.79 Å². The zero-order valence-corrected chi connectivity index (χ0v) is 18.1. The lowest BCUT2D eigenvalue weighted by Gasteiger charge is -2.13. The van der Waals surface area contributed by atoms with Gasteiger partial charge in [-0.25, -0.2) is 0 Å². The lowest BCUT2D eigenvalue weighted by Crippen LogP contribution is -2.20. The Morgan fingerprint density at radius 3 is 2.38 bits per heavy atom. The van der Waals surface area contributed by atoms with Crippen LogP contribution in [0, 0.1) is 0 Å². The van der Waals surface area contributed by atoms with E-state index in [0.717, 1.165) is 27.8 Å². The van der Waals surface area contributed by atoms with Crippen molar-refractivity contribution in [2.75, 3.05) is 11.9 Å². The predicted molar refractivity (Wildman–Crippen MR) is 121 cm³/mol. The maximum Gasteiger partial charge on any atom is 0.262 e. The van der Waals surface area contributed by atoms with Crippen molar-refractivity contribution in [2.24, 2.45) is 0 Å². The van der Waals surface area contributed by atoms with Crippen LogP contribution in [0.25, 0.3) is 11.1 Å². The Bertz CT molecular complexity index is 942. The van der Waals surface area contributed by atoms with Crippen LogP contribution in [0.15, 0.2) is 77.3 Å². The molecular formula is C24H24BrNO3. The maximum atomic E-state index is 12.2. The first-order valence-corrected chi connectivity index (χ1v) is 10.4. The van der Waals surface area contributed by atoms with Gasteiger partial charge in [0.05, 0.1) is 10.6 Å². The minimum Gasteiger partial charge on any atom is -0.491 e. The third kappa shape index (κ3) is 6.09. The van der Waals surface area contributed by atoms with E-state index in [-0.39, 0.29) is 18.6 Å². The summed E-state index contributed by atoms with van der Waals surface area (Å²) in [7, 11) is 0. The Morgan fingerprint density at radius 2 is 1.72 bits per heavy atom. The van der Waals surface area contributed by atoms with Crippen LogP contribution in [0.3, 0.4) is 0 Å². The molecule has 3 aromatic rings. The summed E-state index contributed by atoms with van der Waals surface area (Å²) in [5.74, 6) is 1.19. The van der Waals surface area contributed by atoms with E-state index in [1.54, 1.807) is 0 Å². The van der Waals surface area contributed by atoms with Gasteiger partial charge in [-0.15, -0.1) is 0 Å². The number of carbonyl (C=O) groups excluding carboxylic acids is 1. The fourth-order valence-corrected chi connectivity index (χ4v) is 3.19. The number of hydrogen-bond donors (Lipinski definition) is 1. The lowest BCUT2D eigenvalue weighted by molar-refractivity contribution is -0.118. The van der Waals surface area contributed by atoms with Crippen molar-refractivity contribution in [3.8, 4) is 22.6 Å². The molecule has 0 aromatic heterocycles. The van der Waals surface area contributed by atoms with Crippen molar-refractivity contribution in [1.29, 1.82) is 0 Å². The number of ether oxygens (including phenoxy) is 2. The fourth-order valence-electron chi connectivity index (χ4n) is 2.70. The molecule has 0 aliphatic heterocycles. The number of hydrogen-bond acceptors (Lipinski definition) is 3. The standard InChI is InChI=1S/C24H24BrNO3/c1-3-17(2)29-21-12-10-20(11-13-21)26-24(27)16-28-23-14-9-19(15-22(23)25)18-7-5-4-6-8-18/h4-15,17H,3,16H2,1-2H3,(H,26,27). The quantitative estimate of drug-likeness (QED) is 0.434. The normalized spacial score (nSPS) is 11.6. The molecule has 3 aromatic carbocycles. The smallest absolute Gasteiger partial charge is 0.262 e. The van der Waals surface area contributed by atoms with Gasteiger partial charge in [0.15, 0.2) is 6.61 Å². The van der Waals surface area contributed by atoms with Gasteiger partial charge in [0.25, 0.3) is 5.91 Å². The summed E-state index contributed by atoms with van der Waals surface area (Å²) in [5, 5.41) is 2.83. The van der Waals surface area contributed by atoms with E-state index in [1.807, 2.05) is 67.6 Å². The van der Waals surface area contributed by atoms with E-state index >= 15 is 0 Å². The SMILES string of the molecule is CCC(C)Oc1ccc(NC(=O)COc2ccc(-c3ccccc3)cc2Br)cc1. The molecule has 0 heterocycles. The van der Waals surface area contributed by atoms with Gasteiger partial charge in [-0.2, -0.15) is 0 Å². The van der Waals surface area contributed by atoms with E-state index in [0.29, 0.717) is 11.4 Å². The average Bonchev–Trinajstić information content (AvgIpc) is 2.74. The number of amides is 1. The van der Waals surface area contributed by atoms with Gasteiger partial charge < -0.3 is 14.8 Å². The molecule has 1 N–H and O–H groups in total. The van der Waals surface area contributed by atoms with Crippen LogP contribution >= 0.6 is 15.9 Å². The highest BCUT2D eigenvalue weighted by Gasteiger charge is 2.08. The second-order valence-electron chi connectivity index (χ2n) is 6.71. The number of halogens is 1. The first-order valence-electron chi connectivity index (χ1n) is 9.59. The van der Waals surface area contributed by atoms with Crippen molar-refractivity contribution in [2.45, 2.75) is 26.4 Å². The summed E-state index contributed by atoms with van der Waals surface area (Å²) in [6.45, 7) is 4.03. The summed E-state index contributed by atoms with van der Waals surface area (Å²) in [5.41, 5.74) is 2.90. The average molecular weight is 454 g/mol. The van der Waals surface area contributed by atoms with E-state index in [1.165, 1.54) is 0 Å². The zero-order valence-electron chi connectivity index (χ0n) is 16.5. The Labute approximate surface area is 180 Å². The first kappa shape index (κ1) is 20.9. The van der Waals surface area contributed by atoms with Crippen LogP contribution < -0.4 is 14.8 Å². The molecule has 0 fully saturated rings. The van der Waals surface area contributed by atoms with Crippen LogP contribution in [-0.2, 0) is 4.79 Å². The van der Waals surface area contributed by atoms with Gasteiger partial charge >= 0.3 is 0 Å². The molecule has 3 rings (SSSR count). The van der Waals surface area contributed by atoms with Crippen LogP contribution in [0.4, 0.5) is 5.69 Å². The largest absolute Gasteiger partial charge is 0.491 e. The highest BCUT2D eigenvalue weighted by atomic mass is 79.9. The zero-order chi connectivity index (χ0) is 20.6. The fraction of sp³-hybridized carbons (Fsp3) is 0.208. The topological polar surface area (TPSA) is 47.6 Å². The summed E-state index contributed by atoms with van der Waals surface area (Å²) in [4.78, 5) is 12.2. The third-order valence-electron chi connectivity index (χ3n) is 4.45. The molecule has 0 spiro atoms. The molecule has 29 heavy (non-hydrogen) atoms. The number of anilines is 1. The molecular weight excluding hydrogens is 430 g/mol. The predicted octanol–water partition coefficient (Wildman–Crippen LogP) is 6.31. The molecule has 0 radical (unpaired) electrons. The second-order valence-corrected chi connectivity index (χ2v) is 7.56. The van der Waals surface area contributed by atoms with Gasteiger partial charge in [0.1, 0.15) is 11.5 Å². The Balaban J connectivity index is 1.54. The van der Waals surface area contributed by atoms with Gasteiger partial charge in [-0.05, 0) is 76.8 Å². The molecule has 0 bridgehead atoms. The van der Waals surface area contributed by atoms with Crippen LogP contribution in [0.1, 0.15) is 20.3 Å². The maximum absolute atomic E-state index is 12.2. The van der Waals surface area contributed by atoms with Gasteiger partial charge in [0, 0.05) is 5.69 Å². The van der Waals surface area contributed by atoms with Crippen molar-refractivity contribution >= 4 is 27.5 Å². The second kappa shape index (κ2) is 10.1. The highest BCUT2D eigenvalue weighted by molar-refractivity contribution is 9.10. The van der Waals surface area contributed by atoms with Crippen molar-refractivity contribution in [3.63, 3.8) is 0 Å². The molecule has 0 aliphatic rings. The molecule has 150 valence electrons. The monoisotopic (exact) mass is 453 g/mol. The van der Waals surface area contributed by atoms with Crippen LogP contribution in [0.5, 0.6) is 11.5 Å². The number of nitrogens with one attached hydrogen (secondary N) is 1. The van der Waals surface area contributed by atoms with E-state index in [4.69, 9.17) is 9.47 Å². The van der Waals surface area contributed by atoms with E-state index < -0.39 is 0 Å². The summed E-state index contributed by atoms with van der Waals surface area (Å²) < 4.78 is 12.2. The molecule has 0 saturated carbocycles. The number of carbonyl (C=O) groups is 1. The summed E-state index contributed by atoms with van der Waals surface area (Å²) in [6.07, 6.45) is 1.10. The number of rotatable bonds is 8. The molecule has 0 saturated heterocycles.